The third-order valence-corrected chi connectivity index (χ3v) is 2.54. The van der Waals surface area contributed by atoms with Crippen molar-refractivity contribution in [3.63, 3.8) is 0 Å². The second-order valence-corrected chi connectivity index (χ2v) is 3.79. The Morgan fingerprint density at radius 3 is 3.07 bits per heavy atom. The summed E-state index contributed by atoms with van der Waals surface area (Å²) in [4.78, 5) is 13.4. The lowest BCUT2D eigenvalue weighted by Gasteiger charge is -2.20. The van der Waals surface area contributed by atoms with Crippen molar-refractivity contribution in [1.29, 1.82) is 0 Å². The van der Waals surface area contributed by atoms with Gasteiger partial charge in [0, 0.05) is 20.2 Å². The number of nitrogens with zero attached hydrogens (tertiary/aromatic N) is 1. The van der Waals surface area contributed by atoms with Gasteiger partial charge in [-0.2, -0.15) is 0 Å². The molecule has 15 heavy (non-hydrogen) atoms. The summed E-state index contributed by atoms with van der Waals surface area (Å²) in [5.41, 5.74) is 0. The first kappa shape index (κ1) is 12.4. The van der Waals surface area contributed by atoms with Crippen molar-refractivity contribution in [3.05, 3.63) is 0 Å². The Morgan fingerprint density at radius 2 is 2.47 bits per heavy atom. The number of β-amino-alcohol motifs (C(OH)–C–C–N with tert-alkyl or cyclic N) is 1. The first-order chi connectivity index (χ1) is 7.19. The van der Waals surface area contributed by atoms with E-state index in [-0.39, 0.29) is 18.6 Å². The Bertz CT molecular complexity index is 211. The Balaban J connectivity index is 2.35. The molecule has 0 aliphatic carbocycles. The van der Waals surface area contributed by atoms with Gasteiger partial charge in [0.15, 0.2) is 0 Å². The summed E-state index contributed by atoms with van der Waals surface area (Å²) in [5.74, 6) is 0.0898. The molecule has 0 bridgehead atoms. The molecule has 1 heterocycles. The molecule has 1 rings (SSSR count). The third kappa shape index (κ3) is 3.44. The van der Waals surface area contributed by atoms with Crippen LogP contribution in [0, 0.1) is 0 Å². The lowest BCUT2D eigenvalue weighted by molar-refractivity contribution is -0.131. The summed E-state index contributed by atoms with van der Waals surface area (Å²) in [5, 5.41) is 12.6. The van der Waals surface area contributed by atoms with E-state index < -0.39 is 6.10 Å². The molecule has 88 valence electrons. The molecule has 0 aromatic rings. The number of methoxy groups -OCH3 is 1. The molecule has 2 atom stereocenters. The molecule has 0 radical (unpaired) electrons. The van der Waals surface area contributed by atoms with E-state index in [1.54, 1.807) is 4.90 Å². The standard InChI is InChI=1S/C10H20N2O3/c1-3-11-9-4-5-12(10(9)14)6-8(13)7-15-2/h8-9,11,13H,3-7H2,1-2H3. The molecule has 1 aliphatic rings. The molecule has 1 aliphatic heterocycles. The van der Waals surface area contributed by atoms with Gasteiger partial charge in [0.2, 0.25) is 5.91 Å². The average molecular weight is 216 g/mol. The van der Waals surface area contributed by atoms with Gasteiger partial charge in [-0.15, -0.1) is 0 Å². The van der Waals surface area contributed by atoms with E-state index in [1.165, 1.54) is 7.11 Å². The van der Waals surface area contributed by atoms with Crippen molar-refractivity contribution in [3.8, 4) is 0 Å². The molecular formula is C10H20N2O3. The molecule has 0 saturated carbocycles. The van der Waals surface area contributed by atoms with Crippen molar-refractivity contribution in [2.24, 2.45) is 0 Å². The number of rotatable bonds is 6. The van der Waals surface area contributed by atoms with Gasteiger partial charge in [-0.3, -0.25) is 4.79 Å². The fourth-order valence-electron chi connectivity index (χ4n) is 1.86. The molecule has 5 heteroatoms. The normalized spacial score (nSPS) is 23.5. The molecule has 0 spiro atoms. The summed E-state index contributed by atoms with van der Waals surface area (Å²) in [6, 6.07) is -0.0651. The van der Waals surface area contributed by atoms with E-state index in [0.717, 1.165) is 19.5 Å². The minimum Gasteiger partial charge on any atom is -0.389 e. The highest BCUT2D eigenvalue weighted by Gasteiger charge is 2.31. The predicted octanol–water partition coefficient (Wildman–Crippen LogP) is -0.796. The number of aliphatic hydroxyl groups excluding tert-OH is 1. The second-order valence-electron chi connectivity index (χ2n) is 3.79. The van der Waals surface area contributed by atoms with Gasteiger partial charge in [-0.05, 0) is 13.0 Å². The quantitative estimate of drug-likeness (QED) is 0.610. The largest absolute Gasteiger partial charge is 0.389 e. The highest BCUT2D eigenvalue weighted by atomic mass is 16.5. The summed E-state index contributed by atoms with van der Waals surface area (Å²) >= 11 is 0. The van der Waals surface area contributed by atoms with E-state index >= 15 is 0 Å². The van der Waals surface area contributed by atoms with Crippen LogP contribution in [-0.4, -0.2) is 61.4 Å². The summed E-state index contributed by atoms with van der Waals surface area (Å²) in [6.07, 6.45) is 0.242. The number of likely N-dealkylation sites (N-methyl/N-ethyl adjacent to an activating group) is 1. The summed E-state index contributed by atoms with van der Waals surface area (Å²) in [7, 11) is 1.54. The molecule has 0 aromatic heterocycles. The minimum atomic E-state index is -0.584. The maximum Gasteiger partial charge on any atom is 0.239 e. The smallest absolute Gasteiger partial charge is 0.239 e. The number of carbonyl (C=O) groups is 1. The van der Waals surface area contributed by atoms with Crippen LogP contribution in [0.4, 0.5) is 0 Å². The zero-order chi connectivity index (χ0) is 11.3. The van der Waals surface area contributed by atoms with Crippen molar-refractivity contribution < 1.29 is 14.6 Å². The zero-order valence-electron chi connectivity index (χ0n) is 9.40. The molecule has 2 unspecified atom stereocenters. The maximum atomic E-state index is 11.7. The Labute approximate surface area is 90.4 Å². The monoisotopic (exact) mass is 216 g/mol. The third-order valence-electron chi connectivity index (χ3n) is 2.54. The Hall–Kier alpha value is -0.650. The van der Waals surface area contributed by atoms with Crippen LogP contribution < -0.4 is 5.32 Å². The van der Waals surface area contributed by atoms with E-state index in [2.05, 4.69) is 5.32 Å². The maximum absolute atomic E-state index is 11.7. The Kier molecular flexibility index (Phi) is 5.01. The number of aliphatic hydroxyl groups is 1. The van der Waals surface area contributed by atoms with Crippen LogP contribution in [0.5, 0.6) is 0 Å². The average Bonchev–Trinajstić information content (AvgIpc) is 2.51. The Morgan fingerprint density at radius 1 is 1.73 bits per heavy atom. The number of hydrogen-bond donors (Lipinski definition) is 2. The lowest BCUT2D eigenvalue weighted by atomic mass is 10.2. The van der Waals surface area contributed by atoms with Gasteiger partial charge in [0.25, 0.3) is 0 Å². The minimum absolute atomic E-state index is 0.0651. The van der Waals surface area contributed by atoms with Crippen LogP contribution >= 0.6 is 0 Å². The van der Waals surface area contributed by atoms with E-state index in [0.29, 0.717) is 6.54 Å². The number of likely N-dealkylation sites (tertiary alicyclic amines) is 1. The number of ether oxygens (including phenoxy) is 1. The molecule has 1 saturated heterocycles. The van der Waals surface area contributed by atoms with Crippen LogP contribution in [0.1, 0.15) is 13.3 Å². The number of nitrogens with one attached hydrogen (secondary N) is 1. The molecule has 2 N–H and O–H groups in total. The summed E-state index contributed by atoms with van der Waals surface area (Å²) in [6.45, 7) is 4.14. The molecular weight excluding hydrogens is 196 g/mol. The van der Waals surface area contributed by atoms with Gasteiger partial charge in [0.05, 0.1) is 18.8 Å². The van der Waals surface area contributed by atoms with Crippen LogP contribution in [0.15, 0.2) is 0 Å². The van der Waals surface area contributed by atoms with Crippen LogP contribution in [0.25, 0.3) is 0 Å². The van der Waals surface area contributed by atoms with Crippen molar-refractivity contribution in [2.45, 2.75) is 25.5 Å². The molecule has 1 fully saturated rings. The first-order valence-electron chi connectivity index (χ1n) is 5.38. The van der Waals surface area contributed by atoms with E-state index in [4.69, 9.17) is 4.74 Å². The van der Waals surface area contributed by atoms with Gasteiger partial charge < -0.3 is 20.1 Å². The van der Waals surface area contributed by atoms with Crippen LogP contribution in [-0.2, 0) is 9.53 Å². The van der Waals surface area contributed by atoms with E-state index in [9.17, 15) is 9.90 Å². The fourth-order valence-corrected chi connectivity index (χ4v) is 1.86. The first-order valence-corrected chi connectivity index (χ1v) is 5.38. The lowest BCUT2D eigenvalue weighted by Crippen LogP contribution is -2.41. The number of amides is 1. The molecule has 0 aromatic carbocycles. The highest BCUT2D eigenvalue weighted by molar-refractivity contribution is 5.83. The second kappa shape index (κ2) is 6.05. The highest BCUT2D eigenvalue weighted by Crippen LogP contribution is 2.11. The predicted molar refractivity (Wildman–Crippen MR) is 56.5 cm³/mol. The number of carbonyl (C=O) groups excluding carboxylic acids is 1. The van der Waals surface area contributed by atoms with Crippen LogP contribution in [0.2, 0.25) is 0 Å². The van der Waals surface area contributed by atoms with Gasteiger partial charge in [0.1, 0.15) is 0 Å². The van der Waals surface area contributed by atoms with E-state index in [1.807, 2.05) is 6.92 Å². The molecule has 5 nitrogen and oxygen atoms in total. The van der Waals surface area contributed by atoms with Gasteiger partial charge in [-0.25, -0.2) is 0 Å². The summed E-state index contributed by atoms with van der Waals surface area (Å²) < 4.78 is 4.82. The van der Waals surface area contributed by atoms with Crippen molar-refractivity contribution in [1.82, 2.24) is 10.2 Å². The fraction of sp³-hybridized carbons (Fsp3) is 0.900. The van der Waals surface area contributed by atoms with Crippen molar-refractivity contribution >= 4 is 5.91 Å². The number of hydrogen-bond acceptors (Lipinski definition) is 4. The SMILES string of the molecule is CCNC1CCN(CC(O)COC)C1=O. The van der Waals surface area contributed by atoms with Crippen molar-refractivity contribution in [2.75, 3.05) is 33.4 Å². The van der Waals surface area contributed by atoms with Gasteiger partial charge in [-0.1, -0.05) is 6.92 Å². The van der Waals surface area contributed by atoms with Gasteiger partial charge >= 0.3 is 0 Å². The van der Waals surface area contributed by atoms with Crippen LogP contribution in [0.3, 0.4) is 0 Å². The molecule has 1 amide bonds. The zero-order valence-corrected chi connectivity index (χ0v) is 9.40. The topological polar surface area (TPSA) is 61.8 Å².